The smallest absolute Gasteiger partial charge is 0.233 e. The highest BCUT2D eigenvalue weighted by atomic mass is 35.5. The van der Waals surface area contributed by atoms with Crippen molar-refractivity contribution in [3.63, 3.8) is 0 Å². The number of ether oxygens (including phenoxy) is 1. The molecule has 1 aromatic rings. The molecule has 1 aromatic carbocycles. The second kappa shape index (κ2) is 6.53. The van der Waals surface area contributed by atoms with Crippen molar-refractivity contribution < 1.29 is 9.53 Å². The van der Waals surface area contributed by atoms with Gasteiger partial charge in [0.05, 0.1) is 5.41 Å². The Morgan fingerprint density at radius 2 is 1.79 bits per heavy atom. The van der Waals surface area contributed by atoms with Crippen LogP contribution in [0.4, 0.5) is 0 Å². The predicted octanol–water partition coefficient (Wildman–Crippen LogP) is 3.81. The third-order valence-corrected chi connectivity index (χ3v) is 6.28. The van der Waals surface area contributed by atoms with E-state index >= 15 is 0 Å². The molecular weight excluding hydrogens is 322 g/mol. The largest absolute Gasteiger partial charge is 0.381 e. The van der Waals surface area contributed by atoms with E-state index in [1.54, 1.807) is 0 Å². The fraction of sp³-hybridized carbons (Fsp3) is 0.550. The molecule has 3 nitrogen and oxygen atoms in total. The molecule has 2 aliphatic heterocycles. The monoisotopic (exact) mass is 345 g/mol. The minimum atomic E-state index is -0.468. The molecule has 3 aliphatic rings. The summed E-state index contributed by atoms with van der Waals surface area (Å²) in [5.41, 5.74) is 0.584. The molecule has 1 amide bonds. The zero-order chi connectivity index (χ0) is 16.6. The maximum atomic E-state index is 13.6. The van der Waals surface area contributed by atoms with Crippen LogP contribution in [-0.4, -0.2) is 37.1 Å². The van der Waals surface area contributed by atoms with Gasteiger partial charge in [0.1, 0.15) is 0 Å². The SMILES string of the molecule is O=C(N1C[C@H]2CC=CC[C@@H]2C1)C1(c2cccc(Cl)c2)CCOCC1. The highest BCUT2D eigenvalue weighted by Gasteiger charge is 2.47. The van der Waals surface area contributed by atoms with E-state index in [1.807, 2.05) is 18.2 Å². The minimum absolute atomic E-state index is 0.280. The summed E-state index contributed by atoms with van der Waals surface area (Å²) in [6.45, 7) is 3.08. The van der Waals surface area contributed by atoms with Crippen LogP contribution in [0.2, 0.25) is 5.02 Å². The van der Waals surface area contributed by atoms with Crippen molar-refractivity contribution >= 4 is 17.5 Å². The van der Waals surface area contributed by atoms with E-state index in [2.05, 4.69) is 23.1 Å². The number of hydrogen-bond acceptors (Lipinski definition) is 2. The lowest BCUT2D eigenvalue weighted by Gasteiger charge is -2.39. The zero-order valence-electron chi connectivity index (χ0n) is 13.9. The Labute approximate surface area is 148 Å². The molecular formula is C20H24ClNO2. The van der Waals surface area contributed by atoms with Gasteiger partial charge in [0.2, 0.25) is 5.91 Å². The van der Waals surface area contributed by atoms with Gasteiger partial charge in [-0.3, -0.25) is 4.79 Å². The summed E-state index contributed by atoms with van der Waals surface area (Å²) >= 11 is 6.23. The molecule has 2 atom stereocenters. The van der Waals surface area contributed by atoms with Crippen molar-refractivity contribution in [3.05, 3.63) is 47.0 Å². The number of benzene rings is 1. The number of rotatable bonds is 2. The van der Waals surface area contributed by atoms with Crippen molar-refractivity contribution in [1.82, 2.24) is 4.90 Å². The summed E-state index contributed by atoms with van der Waals surface area (Å²) in [6.07, 6.45) is 8.27. The molecule has 4 heteroatoms. The molecule has 0 spiro atoms. The van der Waals surface area contributed by atoms with Crippen LogP contribution in [0.3, 0.4) is 0 Å². The molecule has 2 heterocycles. The van der Waals surface area contributed by atoms with Gasteiger partial charge in [-0.25, -0.2) is 0 Å². The summed E-state index contributed by atoms with van der Waals surface area (Å²) in [5, 5.41) is 0.699. The van der Waals surface area contributed by atoms with Crippen LogP contribution in [0.5, 0.6) is 0 Å². The summed E-state index contributed by atoms with van der Waals surface area (Å²) in [4.78, 5) is 15.7. The molecule has 128 valence electrons. The maximum Gasteiger partial charge on any atom is 0.233 e. The fourth-order valence-corrected chi connectivity index (χ4v) is 4.81. The Morgan fingerprint density at radius 3 is 2.42 bits per heavy atom. The normalized spacial score (nSPS) is 28.6. The van der Waals surface area contributed by atoms with Crippen molar-refractivity contribution in [2.24, 2.45) is 11.8 Å². The van der Waals surface area contributed by atoms with Gasteiger partial charge in [-0.15, -0.1) is 0 Å². The highest BCUT2D eigenvalue weighted by Crippen LogP contribution is 2.41. The summed E-state index contributed by atoms with van der Waals surface area (Å²) < 4.78 is 5.57. The van der Waals surface area contributed by atoms with Gasteiger partial charge in [0.25, 0.3) is 0 Å². The number of fused-ring (bicyclic) bond motifs is 1. The van der Waals surface area contributed by atoms with Gasteiger partial charge in [0.15, 0.2) is 0 Å². The number of likely N-dealkylation sites (tertiary alicyclic amines) is 1. The second-order valence-corrected chi connectivity index (χ2v) is 7.81. The van der Waals surface area contributed by atoms with E-state index in [-0.39, 0.29) is 5.91 Å². The summed E-state index contributed by atoms with van der Waals surface area (Å²) in [5.74, 6) is 1.55. The van der Waals surface area contributed by atoms with Crippen molar-refractivity contribution in [2.75, 3.05) is 26.3 Å². The lowest BCUT2D eigenvalue weighted by molar-refractivity contribution is -0.140. The van der Waals surface area contributed by atoms with E-state index in [0.717, 1.165) is 44.3 Å². The van der Waals surface area contributed by atoms with E-state index in [9.17, 15) is 4.79 Å². The number of amides is 1. The highest BCUT2D eigenvalue weighted by molar-refractivity contribution is 6.30. The molecule has 0 bridgehead atoms. The fourth-order valence-electron chi connectivity index (χ4n) is 4.62. The number of hydrogen-bond donors (Lipinski definition) is 0. The standard InChI is InChI=1S/C20H24ClNO2/c21-18-7-3-6-17(12-18)20(8-10-24-11-9-20)19(23)22-13-15-4-1-2-5-16(15)14-22/h1-3,6-7,12,15-16H,4-5,8-11,13-14H2/t15-,16-/m1/s1. The minimum Gasteiger partial charge on any atom is -0.381 e. The summed E-state index contributed by atoms with van der Waals surface area (Å²) in [6, 6.07) is 7.85. The molecule has 24 heavy (non-hydrogen) atoms. The Kier molecular flexibility index (Phi) is 4.40. The first-order valence-electron chi connectivity index (χ1n) is 8.97. The molecule has 1 aliphatic carbocycles. The quantitative estimate of drug-likeness (QED) is 0.763. The van der Waals surface area contributed by atoms with Crippen LogP contribution in [0.25, 0.3) is 0 Å². The molecule has 0 aromatic heterocycles. The lowest BCUT2D eigenvalue weighted by atomic mass is 9.73. The van der Waals surface area contributed by atoms with Crippen LogP contribution in [0, 0.1) is 11.8 Å². The van der Waals surface area contributed by atoms with E-state index in [1.165, 1.54) is 0 Å². The molecule has 0 unspecified atom stereocenters. The molecule has 2 fully saturated rings. The summed E-state index contributed by atoms with van der Waals surface area (Å²) in [7, 11) is 0. The predicted molar refractivity (Wildman–Crippen MR) is 95.1 cm³/mol. The number of halogens is 1. The lowest BCUT2D eigenvalue weighted by Crippen LogP contribution is -2.49. The van der Waals surface area contributed by atoms with E-state index in [4.69, 9.17) is 16.3 Å². The van der Waals surface area contributed by atoms with Gasteiger partial charge >= 0.3 is 0 Å². The third-order valence-electron chi connectivity index (χ3n) is 6.04. The average molecular weight is 346 g/mol. The molecule has 0 radical (unpaired) electrons. The number of carbonyl (C=O) groups is 1. The number of nitrogens with zero attached hydrogens (tertiary/aromatic N) is 1. The molecule has 4 rings (SSSR count). The molecule has 2 saturated heterocycles. The first-order valence-corrected chi connectivity index (χ1v) is 9.35. The first kappa shape index (κ1) is 16.2. The maximum absolute atomic E-state index is 13.6. The van der Waals surface area contributed by atoms with Gasteiger partial charge in [0, 0.05) is 31.3 Å². The Morgan fingerprint density at radius 1 is 1.12 bits per heavy atom. The van der Waals surface area contributed by atoms with Crippen molar-refractivity contribution in [1.29, 1.82) is 0 Å². The zero-order valence-corrected chi connectivity index (χ0v) is 14.7. The van der Waals surface area contributed by atoms with Gasteiger partial charge in [-0.1, -0.05) is 35.9 Å². The Balaban J connectivity index is 1.63. The molecule has 0 saturated carbocycles. The van der Waals surface area contributed by atoms with Crippen molar-refractivity contribution in [2.45, 2.75) is 31.1 Å². The first-order chi connectivity index (χ1) is 11.7. The van der Waals surface area contributed by atoms with E-state index < -0.39 is 5.41 Å². The van der Waals surface area contributed by atoms with Gasteiger partial charge < -0.3 is 9.64 Å². The van der Waals surface area contributed by atoms with Crippen LogP contribution < -0.4 is 0 Å². The van der Waals surface area contributed by atoms with Crippen molar-refractivity contribution in [3.8, 4) is 0 Å². The van der Waals surface area contributed by atoms with Crippen LogP contribution in [0.15, 0.2) is 36.4 Å². The Bertz CT molecular complexity index is 635. The van der Waals surface area contributed by atoms with Gasteiger partial charge in [-0.05, 0) is 55.2 Å². The number of carbonyl (C=O) groups excluding carboxylic acids is 1. The van der Waals surface area contributed by atoms with Gasteiger partial charge in [-0.2, -0.15) is 0 Å². The molecule has 0 N–H and O–H groups in total. The van der Waals surface area contributed by atoms with E-state index in [0.29, 0.717) is 30.1 Å². The van der Waals surface area contributed by atoms with Crippen LogP contribution >= 0.6 is 11.6 Å². The van der Waals surface area contributed by atoms with Crippen LogP contribution in [-0.2, 0) is 14.9 Å². The average Bonchev–Trinajstić information content (AvgIpc) is 3.06. The number of allylic oxidation sites excluding steroid dienone is 2. The Hall–Kier alpha value is -1.32. The van der Waals surface area contributed by atoms with Crippen LogP contribution in [0.1, 0.15) is 31.2 Å². The third kappa shape index (κ3) is 2.78. The second-order valence-electron chi connectivity index (χ2n) is 7.38. The topological polar surface area (TPSA) is 29.5 Å².